The van der Waals surface area contributed by atoms with Crippen LogP contribution in [0.2, 0.25) is 0 Å². The summed E-state index contributed by atoms with van der Waals surface area (Å²) in [5.74, 6) is 0.611. The Morgan fingerprint density at radius 1 is 1.35 bits per heavy atom. The molecule has 0 atom stereocenters. The third-order valence-electron chi connectivity index (χ3n) is 2.11. The molecule has 0 saturated carbocycles. The van der Waals surface area contributed by atoms with Gasteiger partial charge in [-0.15, -0.1) is 0 Å². The van der Waals surface area contributed by atoms with Crippen LogP contribution in [0.1, 0.15) is 12.8 Å². The molecule has 17 heavy (non-hydrogen) atoms. The molecular weight excluding hydrogens is 299 g/mol. The number of hydrogen-bond acceptors (Lipinski definition) is 2. The van der Waals surface area contributed by atoms with E-state index in [0.29, 0.717) is 11.4 Å². The van der Waals surface area contributed by atoms with E-state index in [1.54, 1.807) is 18.2 Å². The lowest BCUT2D eigenvalue weighted by molar-refractivity contribution is -0.134. The summed E-state index contributed by atoms with van der Waals surface area (Å²) >= 11 is 3.29. The summed E-state index contributed by atoms with van der Waals surface area (Å²) in [6.07, 6.45) is -4.83. The molecule has 6 heteroatoms. The Morgan fingerprint density at radius 3 is 2.65 bits per heavy atom. The lowest BCUT2D eigenvalue weighted by Gasteiger charge is -2.12. The molecule has 2 nitrogen and oxygen atoms in total. The molecule has 1 aromatic rings. The predicted molar refractivity (Wildman–Crippen MR) is 64.5 cm³/mol. The first-order valence-electron chi connectivity index (χ1n) is 5.06. The van der Waals surface area contributed by atoms with E-state index in [9.17, 15) is 13.2 Å². The van der Waals surface area contributed by atoms with Gasteiger partial charge in [-0.25, -0.2) is 0 Å². The smallest absolute Gasteiger partial charge is 0.389 e. The zero-order chi connectivity index (χ0) is 12.9. The lowest BCUT2D eigenvalue weighted by Crippen LogP contribution is -2.11. The zero-order valence-corrected chi connectivity index (χ0v) is 10.9. The van der Waals surface area contributed by atoms with Crippen molar-refractivity contribution >= 4 is 21.6 Å². The second-order valence-corrected chi connectivity index (χ2v) is 4.41. The van der Waals surface area contributed by atoms with Crippen molar-refractivity contribution < 1.29 is 17.9 Å². The molecule has 1 N–H and O–H groups in total. The van der Waals surface area contributed by atoms with Gasteiger partial charge in [-0.05, 0) is 24.6 Å². The van der Waals surface area contributed by atoms with E-state index in [-0.39, 0.29) is 13.0 Å². The van der Waals surface area contributed by atoms with E-state index in [0.717, 1.165) is 4.47 Å². The highest BCUT2D eigenvalue weighted by molar-refractivity contribution is 9.10. The number of methoxy groups -OCH3 is 1. The summed E-state index contributed by atoms with van der Waals surface area (Å²) in [6, 6.07) is 5.32. The highest BCUT2D eigenvalue weighted by Gasteiger charge is 2.25. The fourth-order valence-electron chi connectivity index (χ4n) is 1.33. The molecule has 1 rings (SSSR count). The van der Waals surface area contributed by atoms with E-state index in [4.69, 9.17) is 4.74 Å². The van der Waals surface area contributed by atoms with Gasteiger partial charge in [-0.1, -0.05) is 15.9 Å². The summed E-state index contributed by atoms with van der Waals surface area (Å²) in [7, 11) is 1.52. The number of ether oxygens (including phenoxy) is 1. The largest absolute Gasteiger partial charge is 0.495 e. The third-order valence-corrected chi connectivity index (χ3v) is 2.61. The van der Waals surface area contributed by atoms with Crippen LogP contribution < -0.4 is 10.1 Å². The molecule has 0 amide bonds. The van der Waals surface area contributed by atoms with Gasteiger partial charge in [0.2, 0.25) is 0 Å². The molecule has 0 radical (unpaired) electrons. The molecule has 0 aromatic heterocycles. The maximum atomic E-state index is 11.9. The fraction of sp³-hybridized carbons (Fsp3) is 0.455. The van der Waals surface area contributed by atoms with Gasteiger partial charge in [-0.3, -0.25) is 0 Å². The molecule has 0 aliphatic rings. The van der Waals surface area contributed by atoms with Crippen molar-refractivity contribution in [2.45, 2.75) is 19.0 Å². The van der Waals surface area contributed by atoms with Gasteiger partial charge in [0.1, 0.15) is 5.75 Å². The van der Waals surface area contributed by atoms with Crippen LogP contribution in [0.25, 0.3) is 0 Å². The molecule has 1 aromatic carbocycles. The number of alkyl halides is 3. The highest BCUT2D eigenvalue weighted by Crippen LogP contribution is 2.28. The Bertz CT molecular complexity index is 368. The van der Waals surface area contributed by atoms with Crippen molar-refractivity contribution in [2.75, 3.05) is 19.0 Å². The normalized spacial score (nSPS) is 11.4. The van der Waals surface area contributed by atoms with Crippen LogP contribution in [0.4, 0.5) is 18.9 Å². The van der Waals surface area contributed by atoms with Gasteiger partial charge in [0.15, 0.2) is 0 Å². The average Bonchev–Trinajstić information content (AvgIpc) is 2.23. The number of benzene rings is 1. The Hall–Kier alpha value is -0.910. The van der Waals surface area contributed by atoms with Crippen LogP contribution >= 0.6 is 15.9 Å². The molecule has 0 bridgehead atoms. The predicted octanol–water partition coefficient (Wildman–Crippen LogP) is 4.21. The minimum Gasteiger partial charge on any atom is -0.495 e. The summed E-state index contributed by atoms with van der Waals surface area (Å²) in [6.45, 7) is 0.256. The van der Waals surface area contributed by atoms with Crippen LogP contribution in [0, 0.1) is 0 Å². The van der Waals surface area contributed by atoms with Gasteiger partial charge >= 0.3 is 6.18 Å². The van der Waals surface area contributed by atoms with Crippen LogP contribution in [0.5, 0.6) is 5.75 Å². The highest BCUT2D eigenvalue weighted by atomic mass is 79.9. The lowest BCUT2D eigenvalue weighted by atomic mass is 10.2. The Labute approximate surface area is 106 Å². The third kappa shape index (κ3) is 5.30. The van der Waals surface area contributed by atoms with Crippen molar-refractivity contribution in [3.05, 3.63) is 22.7 Å². The van der Waals surface area contributed by atoms with E-state index < -0.39 is 12.6 Å². The van der Waals surface area contributed by atoms with Gasteiger partial charge in [0.25, 0.3) is 0 Å². The van der Waals surface area contributed by atoms with Gasteiger partial charge in [-0.2, -0.15) is 13.2 Å². The molecule has 0 aliphatic heterocycles. The van der Waals surface area contributed by atoms with Crippen LogP contribution in [0.3, 0.4) is 0 Å². The molecule has 96 valence electrons. The first-order valence-corrected chi connectivity index (χ1v) is 5.86. The zero-order valence-electron chi connectivity index (χ0n) is 9.27. The van der Waals surface area contributed by atoms with Crippen molar-refractivity contribution in [3.8, 4) is 5.75 Å². The molecule has 0 heterocycles. The van der Waals surface area contributed by atoms with Crippen molar-refractivity contribution in [3.63, 3.8) is 0 Å². The standard InChI is InChI=1S/C11H13BrF3NO/c1-17-10-4-3-8(12)7-9(10)16-6-2-5-11(13,14)15/h3-4,7,16H,2,5-6H2,1H3. The van der Waals surface area contributed by atoms with Crippen LogP contribution in [0.15, 0.2) is 22.7 Å². The van der Waals surface area contributed by atoms with E-state index in [1.165, 1.54) is 7.11 Å². The second-order valence-electron chi connectivity index (χ2n) is 3.49. The molecule has 0 aliphatic carbocycles. The Kier molecular flexibility index (Phi) is 5.11. The monoisotopic (exact) mass is 311 g/mol. The number of nitrogens with one attached hydrogen (secondary N) is 1. The van der Waals surface area contributed by atoms with Crippen LogP contribution in [-0.4, -0.2) is 19.8 Å². The summed E-state index contributed by atoms with van der Waals surface area (Å²) in [4.78, 5) is 0. The fourth-order valence-corrected chi connectivity index (χ4v) is 1.69. The topological polar surface area (TPSA) is 21.3 Å². The Balaban J connectivity index is 2.48. The van der Waals surface area contributed by atoms with E-state index in [2.05, 4.69) is 21.2 Å². The van der Waals surface area contributed by atoms with Gasteiger partial charge in [0, 0.05) is 17.4 Å². The number of halogens is 4. The number of rotatable bonds is 5. The maximum absolute atomic E-state index is 11.9. The number of anilines is 1. The molecule has 0 saturated heterocycles. The Morgan fingerprint density at radius 2 is 2.06 bits per heavy atom. The van der Waals surface area contributed by atoms with E-state index >= 15 is 0 Å². The molecule has 0 unspecified atom stereocenters. The van der Waals surface area contributed by atoms with E-state index in [1.807, 2.05) is 0 Å². The summed E-state index contributed by atoms with van der Waals surface area (Å²) in [5.41, 5.74) is 0.684. The quantitative estimate of drug-likeness (QED) is 0.822. The van der Waals surface area contributed by atoms with Crippen molar-refractivity contribution in [2.24, 2.45) is 0 Å². The minimum atomic E-state index is -4.09. The molecule has 0 spiro atoms. The maximum Gasteiger partial charge on any atom is 0.389 e. The van der Waals surface area contributed by atoms with Gasteiger partial charge in [0.05, 0.1) is 12.8 Å². The second kappa shape index (κ2) is 6.14. The first-order chi connectivity index (χ1) is 7.92. The minimum absolute atomic E-state index is 0.0408. The molecule has 0 fully saturated rings. The summed E-state index contributed by atoms with van der Waals surface area (Å²) < 4.78 is 41.7. The summed E-state index contributed by atoms with van der Waals surface area (Å²) in [5, 5.41) is 2.92. The number of hydrogen-bond donors (Lipinski definition) is 1. The van der Waals surface area contributed by atoms with Gasteiger partial charge < -0.3 is 10.1 Å². The first kappa shape index (κ1) is 14.2. The molecular formula is C11H13BrF3NO. The SMILES string of the molecule is COc1ccc(Br)cc1NCCCC(F)(F)F. The van der Waals surface area contributed by atoms with Crippen molar-refractivity contribution in [1.82, 2.24) is 0 Å². The van der Waals surface area contributed by atoms with Crippen LogP contribution in [-0.2, 0) is 0 Å². The average molecular weight is 312 g/mol. The van der Waals surface area contributed by atoms with Crippen molar-refractivity contribution in [1.29, 1.82) is 0 Å².